The van der Waals surface area contributed by atoms with Crippen LogP contribution in [0.4, 0.5) is 10.1 Å². The minimum absolute atomic E-state index is 0.00965. The Morgan fingerprint density at radius 2 is 1.55 bits per heavy atom. The summed E-state index contributed by atoms with van der Waals surface area (Å²) in [4.78, 5) is 28.9. The van der Waals surface area contributed by atoms with Gasteiger partial charge in [-0.1, -0.05) is 72.4 Å². The zero-order chi connectivity index (χ0) is 27.3. The SMILES string of the molecule is Cn1c(SCC(=O)N(c2ccc(F)cc2)[C@H](C(=O)NC(C)(C)C)c2ccccc2)nnc1-c1ccccc1. The number of hydrogen-bond donors (Lipinski definition) is 1. The van der Waals surface area contributed by atoms with Gasteiger partial charge in [0.25, 0.3) is 0 Å². The highest BCUT2D eigenvalue weighted by molar-refractivity contribution is 7.99. The molecule has 4 rings (SSSR count). The highest BCUT2D eigenvalue weighted by Gasteiger charge is 2.34. The van der Waals surface area contributed by atoms with Crippen molar-refractivity contribution in [3.05, 3.63) is 96.3 Å². The molecule has 0 fully saturated rings. The number of carbonyl (C=O) groups excluding carboxylic acids is 2. The number of nitrogens with one attached hydrogen (secondary N) is 1. The monoisotopic (exact) mass is 531 g/mol. The van der Waals surface area contributed by atoms with E-state index in [1.54, 1.807) is 12.1 Å². The fraction of sp³-hybridized carbons (Fsp3) is 0.241. The van der Waals surface area contributed by atoms with Crippen LogP contribution in [0, 0.1) is 5.82 Å². The maximum absolute atomic E-state index is 13.8. The van der Waals surface area contributed by atoms with E-state index in [1.165, 1.54) is 40.9 Å². The van der Waals surface area contributed by atoms with Crippen molar-refractivity contribution in [1.82, 2.24) is 20.1 Å². The smallest absolute Gasteiger partial charge is 0.248 e. The second-order valence-corrected chi connectivity index (χ2v) is 10.8. The molecule has 4 aromatic rings. The molecule has 0 saturated heterocycles. The van der Waals surface area contributed by atoms with Crippen molar-refractivity contribution in [2.45, 2.75) is 37.5 Å². The van der Waals surface area contributed by atoms with Crippen molar-refractivity contribution < 1.29 is 14.0 Å². The summed E-state index contributed by atoms with van der Waals surface area (Å²) in [7, 11) is 1.84. The topological polar surface area (TPSA) is 80.1 Å². The molecule has 3 aromatic carbocycles. The lowest BCUT2D eigenvalue weighted by Crippen LogP contribution is -2.50. The Hall–Kier alpha value is -3.98. The van der Waals surface area contributed by atoms with Gasteiger partial charge in [-0.3, -0.25) is 14.5 Å². The predicted octanol–water partition coefficient (Wildman–Crippen LogP) is 5.40. The normalized spacial score (nSPS) is 12.1. The van der Waals surface area contributed by atoms with Gasteiger partial charge < -0.3 is 9.88 Å². The fourth-order valence-electron chi connectivity index (χ4n) is 4.00. The van der Waals surface area contributed by atoms with Gasteiger partial charge in [-0.05, 0) is 50.6 Å². The minimum atomic E-state index is -0.964. The molecule has 9 heteroatoms. The summed E-state index contributed by atoms with van der Waals surface area (Å²) < 4.78 is 15.6. The van der Waals surface area contributed by atoms with Gasteiger partial charge in [0.15, 0.2) is 11.0 Å². The lowest BCUT2D eigenvalue weighted by atomic mass is 10.0. The molecule has 38 heavy (non-hydrogen) atoms. The predicted molar refractivity (Wildman–Crippen MR) is 148 cm³/mol. The number of rotatable bonds is 8. The Balaban J connectivity index is 1.67. The highest BCUT2D eigenvalue weighted by Crippen LogP contribution is 2.31. The van der Waals surface area contributed by atoms with Crippen LogP contribution in [-0.4, -0.2) is 37.9 Å². The number of aromatic nitrogens is 3. The summed E-state index contributed by atoms with van der Waals surface area (Å²) in [5.74, 6) is -0.425. The fourth-order valence-corrected chi connectivity index (χ4v) is 4.78. The molecular formula is C29H30FN5O2S. The number of amides is 2. The maximum atomic E-state index is 13.8. The molecule has 2 amide bonds. The van der Waals surface area contributed by atoms with Crippen LogP contribution in [0.5, 0.6) is 0 Å². The standard InChI is InChI=1S/C29H30FN5O2S/c1-29(2,3)31-27(37)25(20-11-7-5-8-12-20)35(23-17-15-22(30)16-18-23)24(36)19-38-28-33-32-26(34(28)4)21-13-9-6-10-14-21/h5-18,25H,19H2,1-4H3,(H,31,37)/t25-/m0/s1. The van der Waals surface area contributed by atoms with E-state index in [0.29, 0.717) is 22.2 Å². The summed E-state index contributed by atoms with van der Waals surface area (Å²) >= 11 is 1.23. The zero-order valence-corrected chi connectivity index (χ0v) is 22.6. The summed E-state index contributed by atoms with van der Waals surface area (Å²) in [5, 5.41) is 12.1. The Labute approximate surface area is 226 Å². The van der Waals surface area contributed by atoms with Crippen LogP contribution >= 0.6 is 11.8 Å². The number of thioether (sulfide) groups is 1. The molecule has 0 spiro atoms. The van der Waals surface area contributed by atoms with Crippen molar-refractivity contribution in [1.29, 1.82) is 0 Å². The maximum Gasteiger partial charge on any atom is 0.248 e. The summed E-state index contributed by atoms with van der Waals surface area (Å²) in [6, 6.07) is 23.4. The van der Waals surface area contributed by atoms with Crippen LogP contribution in [0.3, 0.4) is 0 Å². The Kier molecular flexibility index (Phi) is 8.26. The number of benzene rings is 3. The van der Waals surface area contributed by atoms with Gasteiger partial charge in [-0.2, -0.15) is 0 Å². The number of nitrogens with zero attached hydrogens (tertiary/aromatic N) is 4. The van der Waals surface area contributed by atoms with E-state index in [4.69, 9.17) is 0 Å². The van der Waals surface area contributed by atoms with E-state index in [-0.39, 0.29) is 17.6 Å². The number of anilines is 1. The van der Waals surface area contributed by atoms with E-state index in [9.17, 15) is 14.0 Å². The average Bonchev–Trinajstić information content (AvgIpc) is 3.26. The lowest BCUT2D eigenvalue weighted by Gasteiger charge is -2.33. The molecule has 0 unspecified atom stereocenters. The molecular weight excluding hydrogens is 501 g/mol. The van der Waals surface area contributed by atoms with Gasteiger partial charge in [-0.15, -0.1) is 10.2 Å². The first-order chi connectivity index (χ1) is 18.1. The molecule has 0 aliphatic carbocycles. The largest absolute Gasteiger partial charge is 0.349 e. The first kappa shape index (κ1) is 27.1. The van der Waals surface area contributed by atoms with E-state index in [0.717, 1.165) is 5.56 Å². The van der Waals surface area contributed by atoms with Gasteiger partial charge >= 0.3 is 0 Å². The van der Waals surface area contributed by atoms with E-state index < -0.39 is 17.4 Å². The highest BCUT2D eigenvalue weighted by atomic mass is 32.2. The Bertz CT molecular complexity index is 1390. The second-order valence-electron chi connectivity index (χ2n) is 9.81. The molecule has 0 saturated carbocycles. The van der Waals surface area contributed by atoms with E-state index >= 15 is 0 Å². The third-order valence-corrected chi connectivity index (χ3v) is 6.69. The van der Waals surface area contributed by atoms with Gasteiger partial charge in [0.05, 0.1) is 5.75 Å². The van der Waals surface area contributed by atoms with Gasteiger partial charge in [0.1, 0.15) is 11.9 Å². The van der Waals surface area contributed by atoms with E-state index in [1.807, 2.05) is 80.9 Å². The summed E-state index contributed by atoms with van der Waals surface area (Å²) in [6.45, 7) is 5.64. The molecule has 1 N–H and O–H groups in total. The third-order valence-electron chi connectivity index (χ3n) is 5.69. The second kappa shape index (κ2) is 11.6. The molecule has 0 bridgehead atoms. The molecule has 0 aliphatic heterocycles. The number of carbonyl (C=O) groups is 2. The molecule has 7 nitrogen and oxygen atoms in total. The van der Waals surface area contributed by atoms with Crippen LogP contribution in [-0.2, 0) is 16.6 Å². The molecule has 0 aliphatic rings. The van der Waals surface area contributed by atoms with Crippen molar-refractivity contribution in [2.24, 2.45) is 7.05 Å². The third kappa shape index (κ3) is 6.47. The quantitative estimate of drug-likeness (QED) is 0.308. The van der Waals surface area contributed by atoms with Crippen LogP contribution < -0.4 is 10.2 Å². The van der Waals surface area contributed by atoms with Crippen molar-refractivity contribution in [3.63, 3.8) is 0 Å². The van der Waals surface area contributed by atoms with Gasteiger partial charge in [0.2, 0.25) is 11.8 Å². The molecule has 0 radical (unpaired) electrons. The van der Waals surface area contributed by atoms with Crippen molar-refractivity contribution in [2.75, 3.05) is 10.7 Å². The van der Waals surface area contributed by atoms with Gasteiger partial charge in [0, 0.05) is 23.8 Å². The number of halogens is 1. The average molecular weight is 532 g/mol. The van der Waals surface area contributed by atoms with E-state index in [2.05, 4.69) is 15.5 Å². The van der Waals surface area contributed by atoms with Gasteiger partial charge in [-0.25, -0.2) is 4.39 Å². The van der Waals surface area contributed by atoms with Crippen LogP contribution in [0.25, 0.3) is 11.4 Å². The zero-order valence-electron chi connectivity index (χ0n) is 21.8. The van der Waals surface area contributed by atoms with Crippen molar-refractivity contribution >= 4 is 29.3 Å². The lowest BCUT2D eigenvalue weighted by molar-refractivity contribution is -0.127. The van der Waals surface area contributed by atoms with Crippen LogP contribution in [0.1, 0.15) is 32.4 Å². The molecule has 1 atom stereocenters. The summed E-state index contributed by atoms with van der Waals surface area (Å²) in [5.41, 5.74) is 1.44. The minimum Gasteiger partial charge on any atom is -0.349 e. The summed E-state index contributed by atoms with van der Waals surface area (Å²) in [6.07, 6.45) is 0. The van der Waals surface area contributed by atoms with Crippen molar-refractivity contribution in [3.8, 4) is 11.4 Å². The molecule has 196 valence electrons. The van der Waals surface area contributed by atoms with Crippen LogP contribution in [0.2, 0.25) is 0 Å². The first-order valence-corrected chi connectivity index (χ1v) is 13.1. The van der Waals surface area contributed by atoms with Crippen LogP contribution in [0.15, 0.2) is 90.1 Å². The number of hydrogen-bond acceptors (Lipinski definition) is 5. The Morgan fingerprint density at radius 1 is 0.947 bits per heavy atom. The first-order valence-electron chi connectivity index (χ1n) is 12.2. The molecule has 1 heterocycles. The molecule has 1 aromatic heterocycles. The Morgan fingerprint density at radius 3 is 2.16 bits per heavy atom.